The van der Waals surface area contributed by atoms with Crippen LogP contribution >= 0.6 is 0 Å². The molecule has 6 rings (SSSR count). The Bertz CT molecular complexity index is 1280. The number of methoxy groups -OCH3 is 1. The fraction of sp³-hybridized carbons (Fsp3) is 0.310. The van der Waals surface area contributed by atoms with Gasteiger partial charge >= 0.3 is 0 Å². The molecule has 3 aliphatic heterocycles. The largest absolute Gasteiger partial charge is 0.497 e. The number of carbonyl (C=O) groups excluding carboxylic acids is 2. The van der Waals surface area contributed by atoms with E-state index in [1.807, 2.05) is 42.5 Å². The highest BCUT2D eigenvalue weighted by atomic mass is 16.7. The van der Waals surface area contributed by atoms with E-state index in [-0.39, 0.29) is 24.3 Å². The van der Waals surface area contributed by atoms with Crippen LogP contribution in [0.4, 0.5) is 0 Å². The van der Waals surface area contributed by atoms with Crippen molar-refractivity contribution in [3.05, 3.63) is 101 Å². The van der Waals surface area contributed by atoms with Crippen LogP contribution in [0.2, 0.25) is 0 Å². The van der Waals surface area contributed by atoms with Crippen molar-refractivity contribution in [2.24, 2.45) is 0 Å². The van der Waals surface area contributed by atoms with E-state index >= 15 is 0 Å². The van der Waals surface area contributed by atoms with Gasteiger partial charge in [0.05, 0.1) is 31.5 Å². The van der Waals surface area contributed by atoms with Crippen molar-refractivity contribution in [1.29, 1.82) is 0 Å². The smallest absolute Gasteiger partial charge is 0.262 e. The summed E-state index contributed by atoms with van der Waals surface area (Å²) in [7, 11) is 1.59. The van der Waals surface area contributed by atoms with Crippen molar-refractivity contribution in [2.45, 2.75) is 43.5 Å². The number of carbonyl (C=O) groups is 2. The molecule has 0 saturated carbocycles. The number of imide groups is 1. The molecule has 0 aliphatic carbocycles. The minimum absolute atomic E-state index is 0.118. The van der Waals surface area contributed by atoms with E-state index in [4.69, 9.17) is 23.7 Å². The minimum atomic E-state index is -1.29. The van der Waals surface area contributed by atoms with Crippen molar-refractivity contribution in [1.82, 2.24) is 4.90 Å². The summed E-state index contributed by atoms with van der Waals surface area (Å²) in [6.07, 6.45) is -4.65. The lowest BCUT2D eigenvalue weighted by Crippen LogP contribution is -2.67. The molecule has 6 atom stereocenters. The summed E-state index contributed by atoms with van der Waals surface area (Å²) in [6, 6.07) is 22.1. The first-order chi connectivity index (χ1) is 18.5. The Morgan fingerprint density at radius 1 is 0.895 bits per heavy atom. The lowest BCUT2D eigenvalue weighted by atomic mass is 9.94. The third-order valence-corrected chi connectivity index (χ3v) is 7.10. The van der Waals surface area contributed by atoms with E-state index in [1.54, 1.807) is 43.5 Å². The molecule has 0 bridgehead atoms. The van der Waals surface area contributed by atoms with Gasteiger partial charge < -0.3 is 28.8 Å². The highest BCUT2D eigenvalue weighted by molar-refractivity contribution is 6.21. The molecule has 2 amide bonds. The van der Waals surface area contributed by atoms with E-state index in [9.17, 15) is 14.7 Å². The molecule has 3 heterocycles. The summed E-state index contributed by atoms with van der Waals surface area (Å²) >= 11 is 0. The van der Waals surface area contributed by atoms with Crippen molar-refractivity contribution < 1.29 is 38.4 Å². The van der Waals surface area contributed by atoms with Gasteiger partial charge in [-0.3, -0.25) is 14.5 Å². The zero-order valence-electron chi connectivity index (χ0n) is 20.6. The lowest BCUT2D eigenvalue weighted by Gasteiger charge is -2.49. The van der Waals surface area contributed by atoms with Gasteiger partial charge in [0, 0.05) is 5.56 Å². The maximum Gasteiger partial charge on any atom is 0.262 e. The molecule has 9 heteroatoms. The molecule has 0 radical (unpaired) electrons. The SMILES string of the molecule is COc1ccc(CO[C@@H]2O[C@@H]3COC(c4ccccc4)O[C@H]3[C@H](O)[C@H]2N2C(=O)c3ccccc3C2=O)cc1. The van der Waals surface area contributed by atoms with E-state index in [1.165, 1.54) is 0 Å². The Labute approximate surface area is 219 Å². The first-order valence-electron chi connectivity index (χ1n) is 12.4. The molecule has 9 nitrogen and oxygen atoms in total. The topological polar surface area (TPSA) is 104 Å². The number of rotatable bonds is 6. The van der Waals surface area contributed by atoms with Crippen LogP contribution in [-0.4, -0.2) is 66.2 Å². The van der Waals surface area contributed by atoms with E-state index in [0.717, 1.165) is 16.0 Å². The van der Waals surface area contributed by atoms with Gasteiger partial charge in [0.1, 0.15) is 30.1 Å². The fourth-order valence-corrected chi connectivity index (χ4v) is 5.15. The number of hydrogen-bond acceptors (Lipinski definition) is 8. The average molecular weight is 518 g/mol. The Morgan fingerprint density at radius 3 is 2.21 bits per heavy atom. The van der Waals surface area contributed by atoms with Crippen LogP contribution < -0.4 is 4.74 Å². The summed E-state index contributed by atoms with van der Waals surface area (Å²) in [5.74, 6) is -0.322. The van der Waals surface area contributed by atoms with Crippen molar-refractivity contribution >= 4 is 11.8 Å². The van der Waals surface area contributed by atoms with Gasteiger partial charge in [-0.15, -0.1) is 0 Å². The number of ether oxygens (including phenoxy) is 5. The average Bonchev–Trinajstić information content (AvgIpc) is 3.22. The van der Waals surface area contributed by atoms with E-state index < -0.39 is 48.7 Å². The highest BCUT2D eigenvalue weighted by Gasteiger charge is 2.55. The molecule has 2 saturated heterocycles. The molecule has 0 spiro atoms. The van der Waals surface area contributed by atoms with Crippen LogP contribution in [-0.2, 0) is 25.6 Å². The molecule has 196 valence electrons. The molecule has 3 aromatic rings. The molecule has 2 fully saturated rings. The summed E-state index contributed by atoms with van der Waals surface area (Å²) in [5, 5.41) is 11.6. The number of fused-ring (bicyclic) bond motifs is 2. The molecule has 1 unspecified atom stereocenters. The summed E-state index contributed by atoms with van der Waals surface area (Å²) in [4.78, 5) is 27.8. The van der Waals surface area contributed by atoms with Gasteiger partial charge in [0.15, 0.2) is 12.6 Å². The van der Waals surface area contributed by atoms with Crippen LogP contribution in [0.25, 0.3) is 0 Å². The lowest BCUT2D eigenvalue weighted by molar-refractivity contribution is -0.350. The zero-order chi connectivity index (χ0) is 26.2. The number of nitrogens with zero attached hydrogens (tertiary/aromatic N) is 1. The molecule has 3 aliphatic rings. The number of aliphatic hydroxyl groups excluding tert-OH is 1. The highest BCUT2D eigenvalue weighted by Crippen LogP contribution is 2.38. The Balaban J connectivity index is 1.29. The second-order valence-corrected chi connectivity index (χ2v) is 9.39. The van der Waals surface area contributed by atoms with Crippen LogP contribution in [0.1, 0.15) is 38.1 Å². The number of amides is 2. The normalized spacial score (nSPS) is 28.6. The first-order valence-corrected chi connectivity index (χ1v) is 12.4. The minimum Gasteiger partial charge on any atom is -0.497 e. The van der Waals surface area contributed by atoms with Crippen LogP contribution in [0.15, 0.2) is 78.9 Å². The van der Waals surface area contributed by atoms with E-state index in [0.29, 0.717) is 5.75 Å². The van der Waals surface area contributed by atoms with Crippen LogP contribution in [0, 0.1) is 0 Å². The third kappa shape index (κ3) is 4.38. The molecule has 38 heavy (non-hydrogen) atoms. The molecular formula is C29H27NO8. The number of hydrogen-bond donors (Lipinski definition) is 1. The Kier molecular flexibility index (Phi) is 6.69. The Hall–Kier alpha value is -3.60. The second kappa shape index (κ2) is 10.3. The molecule has 0 aromatic heterocycles. The summed E-state index contributed by atoms with van der Waals surface area (Å²) in [6.45, 7) is 0.255. The molecular weight excluding hydrogens is 490 g/mol. The summed E-state index contributed by atoms with van der Waals surface area (Å²) < 4.78 is 29.6. The van der Waals surface area contributed by atoms with E-state index in [2.05, 4.69) is 0 Å². The number of benzene rings is 3. The summed E-state index contributed by atoms with van der Waals surface area (Å²) in [5.41, 5.74) is 2.16. The van der Waals surface area contributed by atoms with Gasteiger partial charge in [-0.25, -0.2) is 0 Å². The quantitative estimate of drug-likeness (QED) is 0.498. The monoisotopic (exact) mass is 517 g/mol. The van der Waals surface area contributed by atoms with Crippen molar-refractivity contribution in [2.75, 3.05) is 13.7 Å². The maximum atomic E-state index is 13.4. The predicted molar refractivity (Wildman–Crippen MR) is 133 cm³/mol. The van der Waals surface area contributed by atoms with Crippen molar-refractivity contribution in [3.63, 3.8) is 0 Å². The Morgan fingerprint density at radius 2 is 1.55 bits per heavy atom. The third-order valence-electron chi connectivity index (χ3n) is 7.10. The van der Waals surface area contributed by atoms with Crippen LogP contribution in [0.5, 0.6) is 5.75 Å². The van der Waals surface area contributed by atoms with Gasteiger partial charge in [0.25, 0.3) is 11.8 Å². The van der Waals surface area contributed by atoms with Gasteiger partial charge in [0.2, 0.25) is 0 Å². The standard InChI is InChI=1S/C29H27NO8/c1-34-19-13-11-17(12-14-19)15-35-29-23(30-26(32)20-9-5-6-10-21(20)27(30)33)24(31)25-22(37-29)16-36-28(38-25)18-7-3-2-4-8-18/h2-14,22-25,28-29,31H,15-16H2,1H3/t22-,23-,24-,25-,28?,29-/m1/s1. The maximum absolute atomic E-state index is 13.4. The number of aliphatic hydroxyl groups is 1. The zero-order valence-corrected chi connectivity index (χ0v) is 20.6. The fourth-order valence-electron chi connectivity index (χ4n) is 5.15. The van der Waals surface area contributed by atoms with Gasteiger partial charge in [-0.05, 0) is 29.8 Å². The second-order valence-electron chi connectivity index (χ2n) is 9.39. The van der Waals surface area contributed by atoms with Gasteiger partial charge in [-0.2, -0.15) is 0 Å². The molecule has 3 aromatic carbocycles. The van der Waals surface area contributed by atoms with Crippen LogP contribution in [0.3, 0.4) is 0 Å². The predicted octanol–water partition coefficient (Wildman–Crippen LogP) is 3.08. The first kappa shape index (κ1) is 24.7. The molecule has 1 N–H and O–H groups in total. The van der Waals surface area contributed by atoms with Gasteiger partial charge in [-0.1, -0.05) is 54.6 Å². The van der Waals surface area contributed by atoms with Crippen molar-refractivity contribution in [3.8, 4) is 5.75 Å².